The lowest BCUT2D eigenvalue weighted by Gasteiger charge is -2.36. The van der Waals surface area contributed by atoms with Gasteiger partial charge in [-0.3, -0.25) is 9.97 Å². The summed E-state index contributed by atoms with van der Waals surface area (Å²) in [6.45, 7) is 5.93. The number of piperazine rings is 1. The van der Waals surface area contributed by atoms with Crippen LogP contribution in [0.2, 0.25) is 0 Å². The Morgan fingerprint density at radius 1 is 0.800 bits per heavy atom. The number of aromatic nitrogens is 3. The molecular formula is C20H21N5. The zero-order chi connectivity index (χ0) is 17.1. The largest absolute Gasteiger partial charge is 0.368 e. The second kappa shape index (κ2) is 6.89. The summed E-state index contributed by atoms with van der Waals surface area (Å²) >= 11 is 0. The Kier molecular flexibility index (Phi) is 4.29. The summed E-state index contributed by atoms with van der Waals surface area (Å²) in [6.07, 6.45) is 7.40. The Morgan fingerprint density at radius 3 is 2.28 bits per heavy atom. The summed E-state index contributed by atoms with van der Waals surface area (Å²) in [5.74, 6) is 0.954. The molecule has 1 aliphatic heterocycles. The van der Waals surface area contributed by atoms with Crippen LogP contribution < -0.4 is 9.80 Å². The van der Waals surface area contributed by atoms with Crippen molar-refractivity contribution in [1.29, 1.82) is 0 Å². The van der Waals surface area contributed by atoms with Crippen molar-refractivity contribution < 1.29 is 0 Å². The van der Waals surface area contributed by atoms with E-state index in [1.54, 1.807) is 0 Å². The van der Waals surface area contributed by atoms with Gasteiger partial charge in [-0.05, 0) is 24.6 Å². The smallest absolute Gasteiger partial charge is 0.147 e. The van der Waals surface area contributed by atoms with Crippen LogP contribution in [0.25, 0.3) is 11.3 Å². The molecule has 126 valence electrons. The van der Waals surface area contributed by atoms with Gasteiger partial charge in [0.05, 0.1) is 18.1 Å². The fraction of sp³-hybridized carbons (Fsp3) is 0.250. The minimum Gasteiger partial charge on any atom is -0.368 e. The van der Waals surface area contributed by atoms with Crippen LogP contribution in [0.15, 0.2) is 61.2 Å². The molecule has 0 atom stereocenters. The van der Waals surface area contributed by atoms with Crippen LogP contribution in [0.1, 0.15) is 5.56 Å². The first kappa shape index (κ1) is 15.6. The van der Waals surface area contributed by atoms with E-state index in [9.17, 15) is 0 Å². The zero-order valence-corrected chi connectivity index (χ0v) is 14.3. The zero-order valence-electron chi connectivity index (χ0n) is 14.3. The number of pyridine rings is 1. The number of nitrogens with zero attached hydrogens (tertiary/aromatic N) is 5. The SMILES string of the molecule is Cc1ccccc1-c1cncc(N2CCN(c3ccncc3)CC2)n1. The molecule has 5 nitrogen and oxygen atoms in total. The van der Waals surface area contributed by atoms with Gasteiger partial charge < -0.3 is 9.80 Å². The molecule has 0 radical (unpaired) electrons. The lowest BCUT2D eigenvalue weighted by atomic mass is 10.1. The Hall–Kier alpha value is -2.95. The third-order valence-corrected chi connectivity index (χ3v) is 4.67. The van der Waals surface area contributed by atoms with E-state index in [-0.39, 0.29) is 0 Å². The third kappa shape index (κ3) is 3.31. The van der Waals surface area contributed by atoms with Gasteiger partial charge in [-0.1, -0.05) is 24.3 Å². The summed E-state index contributed by atoms with van der Waals surface area (Å²) in [5.41, 5.74) is 4.53. The maximum Gasteiger partial charge on any atom is 0.147 e. The van der Waals surface area contributed by atoms with E-state index in [0.29, 0.717) is 0 Å². The molecule has 4 rings (SSSR count). The molecular weight excluding hydrogens is 310 g/mol. The van der Waals surface area contributed by atoms with Gasteiger partial charge in [-0.2, -0.15) is 0 Å². The molecule has 0 spiro atoms. The average Bonchev–Trinajstić information content (AvgIpc) is 2.69. The van der Waals surface area contributed by atoms with Crippen LogP contribution >= 0.6 is 0 Å². The van der Waals surface area contributed by atoms with E-state index in [1.807, 2.05) is 30.9 Å². The summed E-state index contributed by atoms with van der Waals surface area (Å²) < 4.78 is 0. The Morgan fingerprint density at radius 2 is 1.52 bits per heavy atom. The van der Waals surface area contributed by atoms with Crippen LogP contribution in [0.3, 0.4) is 0 Å². The number of aryl methyl sites for hydroxylation is 1. The maximum atomic E-state index is 4.86. The van der Waals surface area contributed by atoms with Gasteiger partial charge in [0.1, 0.15) is 5.82 Å². The molecule has 3 aromatic rings. The number of hydrogen-bond donors (Lipinski definition) is 0. The molecule has 0 bridgehead atoms. The van der Waals surface area contributed by atoms with E-state index in [1.165, 1.54) is 11.3 Å². The molecule has 3 heterocycles. The highest BCUT2D eigenvalue weighted by molar-refractivity contribution is 5.64. The standard InChI is InChI=1S/C20H21N5/c1-16-4-2-3-5-18(16)19-14-22-15-20(23-19)25-12-10-24(11-13-25)17-6-8-21-9-7-17/h2-9,14-15H,10-13H2,1H3. The van der Waals surface area contributed by atoms with Crippen molar-refractivity contribution in [1.82, 2.24) is 15.0 Å². The maximum absolute atomic E-state index is 4.86. The van der Waals surface area contributed by atoms with Crippen molar-refractivity contribution in [2.75, 3.05) is 36.0 Å². The molecule has 1 aromatic carbocycles. The summed E-state index contributed by atoms with van der Waals surface area (Å²) in [6, 6.07) is 12.4. The highest BCUT2D eigenvalue weighted by Crippen LogP contribution is 2.24. The van der Waals surface area contributed by atoms with Crippen molar-refractivity contribution in [3.8, 4) is 11.3 Å². The Balaban J connectivity index is 1.50. The summed E-state index contributed by atoms with van der Waals surface area (Å²) in [5, 5.41) is 0. The average molecular weight is 331 g/mol. The van der Waals surface area contributed by atoms with Crippen molar-refractivity contribution in [2.45, 2.75) is 6.92 Å². The van der Waals surface area contributed by atoms with Crippen LogP contribution in [0, 0.1) is 6.92 Å². The van der Waals surface area contributed by atoms with Crippen molar-refractivity contribution in [3.63, 3.8) is 0 Å². The van der Waals surface area contributed by atoms with Gasteiger partial charge >= 0.3 is 0 Å². The first-order valence-electron chi connectivity index (χ1n) is 8.59. The molecule has 0 aliphatic carbocycles. The van der Waals surface area contributed by atoms with Gasteiger partial charge in [-0.25, -0.2) is 4.98 Å². The van der Waals surface area contributed by atoms with E-state index < -0.39 is 0 Å². The normalized spacial score (nSPS) is 14.6. The molecule has 0 saturated carbocycles. The molecule has 1 fully saturated rings. The van der Waals surface area contributed by atoms with Gasteiger partial charge in [0.25, 0.3) is 0 Å². The van der Waals surface area contributed by atoms with Gasteiger partial charge in [0.2, 0.25) is 0 Å². The quantitative estimate of drug-likeness (QED) is 0.737. The highest BCUT2D eigenvalue weighted by atomic mass is 15.3. The van der Waals surface area contributed by atoms with Crippen molar-refractivity contribution >= 4 is 11.5 Å². The van der Waals surface area contributed by atoms with Gasteiger partial charge in [0.15, 0.2) is 0 Å². The molecule has 25 heavy (non-hydrogen) atoms. The van der Waals surface area contributed by atoms with Crippen molar-refractivity contribution in [3.05, 3.63) is 66.7 Å². The number of anilines is 2. The van der Waals surface area contributed by atoms with Crippen molar-refractivity contribution in [2.24, 2.45) is 0 Å². The van der Waals surface area contributed by atoms with E-state index in [0.717, 1.165) is 43.3 Å². The molecule has 2 aromatic heterocycles. The molecule has 5 heteroatoms. The minimum atomic E-state index is 0.937. The molecule has 0 unspecified atom stereocenters. The predicted octanol–water partition coefficient (Wildman–Crippen LogP) is 3.17. The topological polar surface area (TPSA) is 45.2 Å². The Bertz CT molecular complexity index is 841. The first-order valence-corrected chi connectivity index (χ1v) is 8.59. The number of rotatable bonds is 3. The fourth-order valence-corrected chi connectivity index (χ4v) is 3.25. The molecule has 1 saturated heterocycles. The van der Waals surface area contributed by atoms with Gasteiger partial charge in [0, 0.05) is 49.8 Å². The van der Waals surface area contributed by atoms with E-state index in [2.05, 4.69) is 57.0 Å². The van der Waals surface area contributed by atoms with E-state index in [4.69, 9.17) is 4.98 Å². The highest BCUT2D eigenvalue weighted by Gasteiger charge is 2.19. The third-order valence-electron chi connectivity index (χ3n) is 4.67. The lowest BCUT2D eigenvalue weighted by molar-refractivity contribution is 0.646. The summed E-state index contributed by atoms with van der Waals surface area (Å²) in [4.78, 5) is 18.1. The Labute approximate surface area is 148 Å². The van der Waals surface area contributed by atoms with Crippen LogP contribution in [-0.2, 0) is 0 Å². The monoisotopic (exact) mass is 331 g/mol. The predicted molar refractivity (Wildman–Crippen MR) is 101 cm³/mol. The second-order valence-electron chi connectivity index (χ2n) is 6.26. The number of benzene rings is 1. The number of hydrogen-bond acceptors (Lipinski definition) is 5. The first-order chi connectivity index (χ1) is 12.3. The lowest BCUT2D eigenvalue weighted by Crippen LogP contribution is -2.46. The van der Waals surface area contributed by atoms with Crippen LogP contribution in [0.4, 0.5) is 11.5 Å². The molecule has 0 N–H and O–H groups in total. The van der Waals surface area contributed by atoms with Gasteiger partial charge in [-0.15, -0.1) is 0 Å². The summed E-state index contributed by atoms with van der Waals surface area (Å²) in [7, 11) is 0. The minimum absolute atomic E-state index is 0.937. The fourth-order valence-electron chi connectivity index (χ4n) is 3.25. The molecule has 1 aliphatic rings. The second-order valence-corrected chi connectivity index (χ2v) is 6.26. The van der Waals surface area contributed by atoms with Crippen LogP contribution in [0.5, 0.6) is 0 Å². The van der Waals surface area contributed by atoms with Crippen LogP contribution in [-0.4, -0.2) is 41.1 Å². The van der Waals surface area contributed by atoms with E-state index >= 15 is 0 Å². The molecule has 0 amide bonds.